The van der Waals surface area contributed by atoms with Gasteiger partial charge in [0.1, 0.15) is 6.10 Å². The Morgan fingerprint density at radius 2 is 2.27 bits per heavy atom. The molecule has 3 nitrogen and oxygen atoms in total. The molecule has 0 bridgehead atoms. The number of amides is 1. The molecule has 0 fully saturated rings. The lowest BCUT2D eigenvalue weighted by atomic mass is 10.3. The van der Waals surface area contributed by atoms with E-state index in [4.69, 9.17) is 16.3 Å². The third-order valence-electron chi connectivity index (χ3n) is 1.91. The standard InChI is InChI=1S/C10H11ClINO2/c1-6(15-2)10(14)13-9-5-7(12)3-4-8(9)11/h3-6H,1-2H3,(H,13,14)/t6-/m0/s1. The molecule has 0 heterocycles. The van der Waals surface area contributed by atoms with Crippen molar-refractivity contribution in [2.75, 3.05) is 12.4 Å². The summed E-state index contributed by atoms with van der Waals surface area (Å²) in [6.07, 6.45) is -0.487. The summed E-state index contributed by atoms with van der Waals surface area (Å²) in [4.78, 5) is 11.5. The Morgan fingerprint density at radius 1 is 1.60 bits per heavy atom. The molecule has 0 aliphatic carbocycles. The summed E-state index contributed by atoms with van der Waals surface area (Å²) in [6, 6.07) is 5.43. The van der Waals surface area contributed by atoms with Crippen molar-refractivity contribution in [1.29, 1.82) is 0 Å². The fourth-order valence-corrected chi connectivity index (χ4v) is 1.59. The Morgan fingerprint density at radius 3 is 2.87 bits per heavy atom. The fraction of sp³-hybridized carbons (Fsp3) is 0.300. The van der Waals surface area contributed by atoms with Crippen LogP contribution in [0, 0.1) is 3.57 Å². The highest BCUT2D eigenvalue weighted by Crippen LogP contribution is 2.23. The zero-order valence-electron chi connectivity index (χ0n) is 8.38. The number of benzene rings is 1. The molecule has 1 aromatic rings. The number of anilines is 1. The molecular weight excluding hydrogens is 328 g/mol. The Balaban J connectivity index is 2.80. The highest BCUT2D eigenvalue weighted by Gasteiger charge is 2.13. The number of hydrogen-bond donors (Lipinski definition) is 1. The van der Waals surface area contributed by atoms with E-state index in [0.717, 1.165) is 3.57 Å². The number of halogens is 2. The second-order valence-corrected chi connectivity index (χ2v) is 4.64. The van der Waals surface area contributed by atoms with Crippen LogP contribution in [0.15, 0.2) is 18.2 Å². The van der Waals surface area contributed by atoms with Gasteiger partial charge in [-0.3, -0.25) is 4.79 Å². The number of nitrogens with one attached hydrogen (secondary N) is 1. The Hall–Kier alpha value is -0.330. The first-order valence-corrected chi connectivity index (χ1v) is 5.79. The van der Waals surface area contributed by atoms with E-state index in [1.807, 2.05) is 12.1 Å². The predicted molar refractivity (Wildman–Crippen MR) is 69.3 cm³/mol. The summed E-state index contributed by atoms with van der Waals surface area (Å²) in [7, 11) is 1.49. The smallest absolute Gasteiger partial charge is 0.253 e. The molecule has 1 aromatic carbocycles. The number of carbonyl (C=O) groups excluding carboxylic acids is 1. The molecule has 0 aliphatic rings. The van der Waals surface area contributed by atoms with Crippen LogP contribution in [0.25, 0.3) is 0 Å². The van der Waals surface area contributed by atoms with Crippen LogP contribution in [0.1, 0.15) is 6.92 Å². The highest BCUT2D eigenvalue weighted by atomic mass is 127. The summed E-state index contributed by atoms with van der Waals surface area (Å²) in [5.74, 6) is -0.207. The summed E-state index contributed by atoms with van der Waals surface area (Å²) >= 11 is 8.08. The maximum atomic E-state index is 11.5. The van der Waals surface area contributed by atoms with E-state index in [9.17, 15) is 4.79 Å². The van der Waals surface area contributed by atoms with Crippen LogP contribution in [-0.2, 0) is 9.53 Å². The van der Waals surface area contributed by atoms with Crippen molar-refractivity contribution in [2.45, 2.75) is 13.0 Å². The molecule has 1 amide bonds. The van der Waals surface area contributed by atoms with Gasteiger partial charge in [0.2, 0.25) is 0 Å². The van der Waals surface area contributed by atoms with Crippen LogP contribution in [0.5, 0.6) is 0 Å². The average Bonchev–Trinajstić information content (AvgIpc) is 2.22. The van der Waals surface area contributed by atoms with Crippen molar-refractivity contribution in [2.24, 2.45) is 0 Å². The van der Waals surface area contributed by atoms with Gasteiger partial charge in [0.05, 0.1) is 10.7 Å². The topological polar surface area (TPSA) is 38.3 Å². The SMILES string of the molecule is CO[C@@H](C)C(=O)Nc1cc(I)ccc1Cl. The van der Waals surface area contributed by atoms with E-state index in [0.29, 0.717) is 10.7 Å². The Kier molecular flexibility index (Phi) is 4.82. The molecule has 0 saturated heterocycles. The van der Waals surface area contributed by atoms with E-state index in [-0.39, 0.29) is 5.91 Å². The fourth-order valence-electron chi connectivity index (χ4n) is 0.935. The van der Waals surface area contributed by atoms with Gasteiger partial charge in [-0.25, -0.2) is 0 Å². The van der Waals surface area contributed by atoms with Crippen molar-refractivity contribution >= 4 is 45.8 Å². The van der Waals surface area contributed by atoms with Crippen molar-refractivity contribution in [3.05, 3.63) is 26.8 Å². The maximum Gasteiger partial charge on any atom is 0.253 e. The minimum atomic E-state index is -0.487. The normalized spacial score (nSPS) is 12.3. The summed E-state index contributed by atoms with van der Waals surface area (Å²) in [5, 5.41) is 3.22. The Bertz CT molecular complexity index is 370. The monoisotopic (exact) mass is 339 g/mol. The quantitative estimate of drug-likeness (QED) is 0.860. The minimum absolute atomic E-state index is 0.207. The number of rotatable bonds is 3. The molecule has 1 N–H and O–H groups in total. The zero-order chi connectivity index (χ0) is 11.4. The first kappa shape index (κ1) is 12.7. The Labute approximate surface area is 107 Å². The van der Waals surface area contributed by atoms with Gasteiger partial charge in [-0.05, 0) is 47.7 Å². The van der Waals surface area contributed by atoms with E-state index in [1.54, 1.807) is 13.0 Å². The summed E-state index contributed by atoms with van der Waals surface area (Å²) < 4.78 is 5.91. The van der Waals surface area contributed by atoms with Gasteiger partial charge in [-0.2, -0.15) is 0 Å². The number of methoxy groups -OCH3 is 1. The van der Waals surface area contributed by atoms with Crippen LogP contribution in [0.4, 0.5) is 5.69 Å². The second-order valence-electron chi connectivity index (χ2n) is 2.99. The van der Waals surface area contributed by atoms with E-state index in [2.05, 4.69) is 27.9 Å². The lowest BCUT2D eigenvalue weighted by Crippen LogP contribution is -2.26. The van der Waals surface area contributed by atoms with E-state index < -0.39 is 6.10 Å². The molecule has 1 atom stereocenters. The summed E-state index contributed by atoms with van der Waals surface area (Å²) in [5.41, 5.74) is 0.609. The number of carbonyl (C=O) groups is 1. The molecule has 0 radical (unpaired) electrons. The van der Waals surface area contributed by atoms with E-state index in [1.165, 1.54) is 7.11 Å². The number of hydrogen-bond acceptors (Lipinski definition) is 2. The molecule has 0 unspecified atom stereocenters. The van der Waals surface area contributed by atoms with Gasteiger partial charge in [0.15, 0.2) is 0 Å². The third kappa shape index (κ3) is 3.62. The lowest BCUT2D eigenvalue weighted by molar-refractivity contribution is -0.124. The lowest BCUT2D eigenvalue weighted by Gasteiger charge is -2.11. The molecule has 1 rings (SSSR count). The first-order valence-electron chi connectivity index (χ1n) is 4.33. The molecule has 0 saturated carbocycles. The molecule has 5 heteroatoms. The first-order chi connectivity index (χ1) is 7.04. The van der Waals surface area contributed by atoms with Gasteiger partial charge in [0.25, 0.3) is 5.91 Å². The largest absolute Gasteiger partial charge is 0.372 e. The minimum Gasteiger partial charge on any atom is -0.372 e. The molecular formula is C10H11ClINO2. The van der Waals surface area contributed by atoms with Crippen LogP contribution in [0.2, 0.25) is 5.02 Å². The van der Waals surface area contributed by atoms with Crippen LogP contribution >= 0.6 is 34.2 Å². The molecule has 15 heavy (non-hydrogen) atoms. The molecule has 0 spiro atoms. The highest BCUT2D eigenvalue weighted by molar-refractivity contribution is 14.1. The van der Waals surface area contributed by atoms with Crippen molar-refractivity contribution in [3.63, 3.8) is 0 Å². The zero-order valence-corrected chi connectivity index (χ0v) is 11.3. The predicted octanol–water partition coefficient (Wildman–Crippen LogP) is 2.92. The van der Waals surface area contributed by atoms with E-state index >= 15 is 0 Å². The van der Waals surface area contributed by atoms with Gasteiger partial charge < -0.3 is 10.1 Å². The van der Waals surface area contributed by atoms with Gasteiger partial charge in [0, 0.05) is 10.7 Å². The third-order valence-corrected chi connectivity index (χ3v) is 2.91. The maximum absolute atomic E-state index is 11.5. The molecule has 0 aliphatic heterocycles. The van der Waals surface area contributed by atoms with Crippen LogP contribution in [0.3, 0.4) is 0 Å². The summed E-state index contributed by atoms with van der Waals surface area (Å²) in [6.45, 7) is 1.68. The van der Waals surface area contributed by atoms with Crippen molar-refractivity contribution in [1.82, 2.24) is 0 Å². The second kappa shape index (κ2) is 5.67. The van der Waals surface area contributed by atoms with Gasteiger partial charge in [-0.15, -0.1) is 0 Å². The molecule has 82 valence electrons. The van der Waals surface area contributed by atoms with Crippen molar-refractivity contribution < 1.29 is 9.53 Å². The van der Waals surface area contributed by atoms with Gasteiger partial charge in [-0.1, -0.05) is 11.6 Å². The van der Waals surface area contributed by atoms with Crippen LogP contribution in [-0.4, -0.2) is 19.1 Å². The van der Waals surface area contributed by atoms with Crippen molar-refractivity contribution in [3.8, 4) is 0 Å². The van der Waals surface area contributed by atoms with Crippen LogP contribution < -0.4 is 5.32 Å². The van der Waals surface area contributed by atoms with Gasteiger partial charge >= 0.3 is 0 Å². The number of ether oxygens (including phenoxy) is 1. The molecule has 0 aromatic heterocycles. The average molecular weight is 340 g/mol.